The minimum absolute atomic E-state index is 0.00397. The second kappa shape index (κ2) is 7.38. The van der Waals surface area contributed by atoms with Crippen LogP contribution in [0, 0.1) is 6.92 Å². The smallest absolute Gasteiger partial charge is 0.226 e. The van der Waals surface area contributed by atoms with E-state index in [1.165, 1.54) is 5.56 Å². The van der Waals surface area contributed by atoms with Crippen molar-refractivity contribution in [2.45, 2.75) is 19.9 Å². The van der Waals surface area contributed by atoms with Crippen molar-refractivity contribution < 1.29 is 4.79 Å². The number of aryl methyl sites for hydroxylation is 1. The number of thiazole rings is 1. The Bertz CT molecular complexity index is 825. The van der Waals surface area contributed by atoms with Crippen molar-refractivity contribution in [2.24, 2.45) is 0 Å². The molecule has 3 rings (SSSR count). The van der Waals surface area contributed by atoms with Crippen LogP contribution in [0.1, 0.15) is 16.8 Å². The fraction of sp³-hybridized carbons (Fsp3) is 0.176. The summed E-state index contributed by atoms with van der Waals surface area (Å²) in [7, 11) is 0. The van der Waals surface area contributed by atoms with E-state index in [0.29, 0.717) is 13.0 Å². The van der Waals surface area contributed by atoms with Gasteiger partial charge in [0.1, 0.15) is 5.01 Å². The van der Waals surface area contributed by atoms with Gasteiger partial charge in [-0.3, -0.25) is 4.79 Å². The Labute approximate surface area is 151 Å². The number of hydrogen-bond acceptors (Lipinski definition) is 4. The van der Waals surface area contributed by atoms with Gasteiger partial charge in [-0.2, -0.15) is 0 Å². The number of thiophene rings is 1. The first-order valence-electron chi connectivity index (χ1n) is 7.11. The first-order valence-corrected chi connectivity index (χ1v) is 9.66. The van der Waals surface area contributed by atoms with E-state index in [0.717, 1.165) is 25.6 Å². The van der Waals surface area contributed by atoms with Crippen molar-refractivity contribution >= 4 is 44.5 Å². The maximum Gasteiger partial charge on any atom is 0.226 e. The Hall–Kier alpha value is -1.50. The van der Waals surface area contributed by atoms with E-state index < -0.39 is 0 Å². The van der Waals surface area contributed by atoms with Gasteiger partial charge >= 0.3 is 0 Å². The predicted octanol–water partition coefficient (Wildman–Crippen LogP) is 4.80. The number of benzene rings is 1. The molecule has 3 aromatic rings. The highest BCUT2D eigenvalue weighted by atomic mass is 79.9. The number of nitrogens with zero attached hydrogens (tertiary/aromatic N) is 1. The van der Waals surface area contributed by atoms with Gasteiger partial charge in [0.15, 0.2) is 0 Å². The van der Waals surface area contributed by atoms with Crippen molar-refractivity contribution in [3.8, 4) is 9.88 Å². The summed E-state index contributed by atoms with van der Waals surface area (Å²) in [6.45, 7) is 2.60. The molecule has 0 aliphatic heterocycles. The number of carbonyl (C=O) groups excluding carboxylic acids is 1. The normalized spacial score (nSPS) is 10.7. The highest BCUT2D eigenvalue weighted by Crippen LogP contribution is 2.32. The lowest BCUT2D eigenvalue weighted by molar-refractivity contribution is -0.120. The van der Waals surface area contributed by atoms with Crippen LogP contribution in [-0.4, -0.2) is 10.9 Å². The van der Waals surface area contributed by atoms with E-state index in [9.17, 15) is 4.79 Å². The number of aromatic nitrogens is 1. The number of hydrogen-bond donors (Lipinski definition) is 1. The van der Waals surface area contributed by atoms with Crippen LogP contribution in [0.25, 0.3) is 9.88 Å². The first kappa shape index (κ1) is 16.4. The predicted molar refractivity (Wildman–Crippen MR) is 99.9 cm³/mol. The van der Waals surface area contributed by atoms with Gasteiger partial charge in [-0.15, -0.1) is 22.7 Å². The van der Waals surface area contributed by atoms with Gasteiger partial charge in [-0.25, -0.2) is 4.98 Å². The van der Waals surface area contributed by atoms with Crippen molar-refractivity contribution in [3.63, 3.8) is 0 Å². The molecule has 3 nitrogen and oxygen atoms in total. The van der Waals surface area contributed by atoms with Gasteiger partial charge in [0.2, 0.25) is 5.91 Å². The molecule has 118 valence electrons. The molecule has 0 atom stereocenters. The first-order chi connectivity index (χ1) is 11.1. The minimum atomic E-state index is -0.00397. The van der Waals surface area contributed by atoms with Gasteiger partial charge in [-0.05, 0) is 34.5 Å². The summed E-state index contributed by atoms with van der Waals surface area (Å²) in [5, 5.41) is 7.90. The number of carbonyl (C=O) groups is 1. The van der Waals surface area contributed by atoms with E-state index >= 15 is 0 Å². The summed E-state index contributed by atoms with van der Waals surface area (Å²) in [4.78, 5) is 17.7. The number of rotatable bonds is 5. The van der Waals surface area contributed by atoms with Crippen LogP contribution < -0.4 is 5.32 Å². The maximum absolute atomic E-state index is 12.1. The van der Waals surface area contributed by atoms with Crippen LogP contribution in [-0.2, 0) is 17.8 Å². The number of amides is 1. The molecule has 0 radical (unpaired) electrons. The monoisotopic (exact) mass is 406 g/mol. The molecule has 1 N–H and O–H groups in total. The lowest BCUT2D eigenvalue weighted by Gasteiger charge is -2.05. The lowest BCUT2D eigenvalue weighted by Crippen LogP contribution is -2.24. The Morgan fingerprint density at radius 1 is 1.26 bits per heavy atom. The highest BCUT2D eigenvalue weighted by Gasteiger charge is 2.10. The summed E-state index contributed by atoms with van der Waals surface area (Å²) in [6.07, 6.45) is 0.314. The molecule has 0 unspecified atom stereocenters. The number of nitrogens with one attached hydrogen (secondary N) is 1. The molecule has 2 aromatic heterocycles. The SMILES string of the molecule is Cc1cccc(CNC(=O)Cc2csc(-c3cc(Br)cs3)n2)c1. The van der Waals surface area contributed by atoms with E-state index in [1.54, 1.807) is 22.7 Å². The summed E-state index contributed by atoms with van der Waals surface area (Å²) in [6, 6.07) is 10.2. The van der Waals surface area contributed by atoms with Crippen molar-refractivity contribution in [2.75, 3.05) is 0 Å². The van der Waals surface area contributed by atoms with Crippen molar-refractivity contribution in [1.29, 1.82) is 0 Å². The molecule has 0 aliphatic carbocycles. The standard InChI is InChI=1S/C17H15BrN2OS2/c1-11-3-2-4-12(5-11)8-19-16(21)7-14-10-23-17(20-14)15-6-13(18)9-22-15/h2-6,9-10H,7-8H2,1H3,(H,19,21). The van der Waals surface area contributed by atoms with Crippen LogP contribution in [0.15, 0.2) is 45.6 Å². The van der Waals surface area contributed by atoms with Crippen LogP contribution in [0.2, 0.25) is 0 Å². The van der Waals surface area contributed by atoms with Crippen LogP contribution in [0.5, 0.6) is 0 Å². The van der Waals surface area contributed by atoms with Crippen LogP contribution in [0.4, 0.5) is 0 Å². The summed E-state index contributed by atoms with van der Waals surface area (Å²) in [5.41, 5.74) is 3.13. The summed E-state index contributed by atoms with van der Waals surface area (Å²) in [5.74, 6) is -0.00397. The van der Waals surface area contributed by atoms with Gasteiger partial charge in [-0.1, -0.05) is 29.8 Å². The maximum atomic E-state index is 12.1. The van der Waals surface area contributed by atoms with Gasteiger partial charge < -0.3 is 5.32 Å². The minimum Gasteiger partial charge on any atom is -0.352 e. The molecule has 2 heterocycles. The molecule has 6 heteroatoms. The second-order valence-electron chi connectivity index (χ2n) is 5.22. The second-order valence-corrected chi connectivity index (χ2v) is 7.90. The zero-order valence-corrected chi connectivity index (χ0v) is 15.7. The molecule has 0 bridgehead atoms. The Morgan fingerprint density at radius 2 is 2.13 bits per heavy atom. The molecule has 1 amide bonds. The molecule has 0 spiro atoms. The molecule has 0 saturated heterocycles. The molecular formula is C17H15BrN2OS2. The van der Waals surface area contributed by atoms with Crippen LogP contribution >= 0.6 is 38.6 Å². The van der Waals surface area contributed by atoms with E-state index in [2.05, 4.69) is 32.3 Å². The molecule has 1 aromatic carbocycles. The van der Waals surface area contributed by atoms with Crippen LogP contribution in [0.3, 0.4) is 0 Å². The average molecular weight is 407 g/mol. The molecule has 0 saturated carbocycles. The lowest BCUT2D eigenvalue weighted by atomic mass is 10.1. The van der Waals surface area contributed by atoms with E-state index in [4.69, 9.17) is 0 Å². The van der Waals surface area contributed by atoms with E-state index in [-0.39, 0.29) is 5.91 Å². The van der Waals surface area contributed by atoms with Gasteiger partial charge in [0.05, 0.1) is 17.0 Å². The quantitative estimate of drug-likeness (QED) is 0.660. The Morgan fingerprint density at radius 3 is 2.87 bits per heavy atom. The number of halogens is 1. The molecular weight excluding hydrogens is 392 g/mol. The average Bonchev–Trinajstić information content (AvgIpc) is 3.14. The van der Waals surface area contributed by atoms with Gasteiger partial charge in [0, 0.05) is 21.8 Å². The Kier molecular flexibility index (Phi) is 5.25. The molecule has 0 fully saturated rings. The zero-order chi connectivity index (χ0) is 16.2. The van der Waals surface area contributed by atoms with Crippen molar-refractivity contribution in [3.05, 3.63) is 62.4 Å². The highest BCUT2D eigenvalue weighted by molar-refractivity contribution is 9.10. The summed E-state index contributed by atoms with van der Waals surface area (Å²) >= 11 is 6.66. The van der Waals surface area contributed by atoms with Gasteiger partial charge in [0.25, 0.3) is 0 Å². The largest absolute Gasteiger partial charge is 0.352 e. The third-order valence-electron chi connectivity index (χ3n) is 3.24. The third-order valence-corrected chi connectivity index (χ3v) is 6.00. The molecule has 0 aliphatic rings. The van der Waals surface area contributed by atoms with Crippen molar-refractivity contribution in [1.82, 2.24) is 10.3 Å². The Balaban J connectivity index is 1.57. The fourth-order valence-electron chi connectivity index (χ4n) is 2.18. The topological polar surface area (TPSA) is 42.0 Å². The third kappa shape index (κ3) is 4.50. The summed E-state index contributed by atoms with van der Waals surface area (Å²) < 4.78 is 1.06. The van der Waals surface area contributed by atoms with E-state index in [1.807, 2.05) is 41.9 Å². The fourth-order valence-corrected chi connectivity index (χ4v) is 4.50. The zero-order valence-electron chi connectivity index (χ0n) is 12.5. The molecule has 23 heavy (non-hydrogen) atoms.